The van der Waals surface area contributed by atoms with Crippen LogP contribution >= 0.6 is 0 Å². The van der Waals surface area contributed by atoms with Gasteiger partial charge in [0, 0.05) is 19.0 Å². The highest BCUT2D eigenvalue weighted by molar-refractivity contribution is 5.75. The van der Waals surface area contributed by atoms with Gasteiger partial charge in [0.1, 0.15) is 11.5 Å². The molecule has 0 aromatic heterocycles. The zero-order valence-electron chi connectivity index (χ0n) is 10.2. The third-order valence-corrected chi connectivity index (χ3v) is 2.72. The van der Waals surface area contributed by atoms with E-state index in [9.17, 15) is 15.0 Å². The predicted molar refractivity (Wildman–Crippen MR) is 66.1 cm³/mol. The number of phenolic OH excluding ortho intramolecular Hbond substituents is 2. The van der Waals surface area contributed by atoms with E-state index in [2.05, 4.69) is 5.32 Å². The minimum atomic E-state index is 0.0256. The lowest BCUT2D eigenvalue weighted by Crippen LogP contribution is -2.22. The topological polar surface area (TPSA) is 69.6 Å². The molecule has 0 fully saturated rings. The number of rotatable bonds is 5. The van der Waals surface area contributed by atoms with Gasteiger partial charge in [0.05, 0.1) is 0 Å². The molecule has 0 spiro atoms. The fraction of sp³-hybridized carbons (Fsp3) is 0.462. The maximum Gasteiger partial charge on any atom is 0.220 e. The van der Waals surface area contributed by atoms with Gasteiger partial charge in [0.25, 0.3) is 0 Å². The summed E-state index contributed by atoms with van der Waals surface area (Å²) in [5.74, 6) is 0.228. The van der Waals surface area contributed by atoms with E-state index in [1.165, 1.54) is 12.1 Å². The second kappa shape index (κ2) is 6.13. The van der Waals surface area contributed by atoms with Crippen molar-refractivity contribution in [3.63, 3.8) is 0 Å². The van der Waals surface area contributed by atoms with E-state index in [1.807, 2.05) is 13.8 Å². The number of carbonyl (C=O) groups is 1. The van der Waals surface area contributed by atoms with Crippen LogP contribution in [0.15, 0.2) is 18.2 Å². The van der Waals surface area contributed by atoms with Crippen LogP contribution in [0.3, 0.4) is 0 Å². The van der Waals surface area contributed by atoms with Gasteiger partial charge in [-0.25, -0.2) is 0 Å². The molecule has 1 amide bonds. The summed E-state index contributed by atoms with van der Waals surface area (Å²) < 4.78 is 0. The lowest BCUT2D eigenvalue weighted by atomic mass is 9.95. The number of nitrogens with one attached hydrogen (secondary N) is 1. The van der Waals surface area contributed by atoms with Crippen LogP contribution in [-0.2, 0) is 4.79 Å². The van der Waals surface area contributed by atoms with E-state index in [0.717, 1.165) is 5.56 Å². The van der Waals surface area contributed by atoms with Gasteiger partial charge in [-0.15, -0.1) is 0 Å². The molecule has 0 saturated heterocycles. The third kappa shape index (κ3) is 3.98. The molecule has 1 atom stereocenters. The summed E-state index contributed by atoms with van der Waals surface area (Å²) >= 11 is 0. The number of phenols is 2. The van der Waals surface area contributed by atoms with E-state index in [1.54, 1.807) is 6.07 Å². The summed E-state index contributed by atoms with van der Waals surface area (Å²) in [6, 6.07) is 4.54. The Balaban J connectivity index is 2.57. The third-order valence-electron chi connectivity index (χ3n) is 2.72. The van der Waals surface area contributed by atoms with E-state index >= 15 is 0 Å². The van der Waals surface area contributed by atoms with Gasteiger partial charge in [-0.1, -0.05) is 13.0 Å². The zero-order valence-corrected chi connectivity index (χ0v) is 10.2. The SMILES string of the molecule is CCNC(=O)CCC(C)c1ccc(O)cc1O. The molecule has 1 unspecified atom stereocenters. The van der Waals surface area contributed by atoms with Gasteiger partial charge >= 0.3 is 0 Å². The van der Waals surface area contributed by atoms with Crippen LogP contribution < -0.4 is 5.32 Å². The molecule has 1 aromatic carbocycles. The predicted octanol–water partition coefficient (Wildman–Crippen LogP) is 2.12. The number of hydrogen-bond acceptors (Lipinski definition) is 3. The average molecular weight is 237 g/mol. The van der Waals surface area contributed by atoms with Crippen molar-refractivity contribution < 1.29 is 15.0 Å². The molecule has 0 radical (unpaired) electrons. The van der Waals surface area contributed by atoms with E-state index in [-0.39, 0.29) is 23.3 Å². The van der Waals surface area contributed by atoms with Gasteiger partial charge < -0.3 is 15.5 Å². The van der Waals surface area contributed by atoms with Gasteiger partial charge in [0.2, 0.25) is 5.91 Å². The van der Waals surface area contributed by atoms with Crippen molar-refractivity contribution in [1.82, 2.24) is 5.32 Å². The fourth-order valence-electron chi connectivity index (χ4n) is 1.74. The van der Waals surface area contributed by atoms with Crippen LogP contribution in [0.5, 0.6) is 11.5 Å². The molecular weight excluding hydrogens is 218 g/mol. The van der Waals surface area contributed by atoms with Crippen LogP contribution in [0.4, 0.5) is 0 Å². The number of hydrogen-bond donors (Lipinski definition) is 3. The molecule has 0 aliphatic rings. The van der Waals surface area contributed by atoms with E-state index < -0.39 is 0 Å². The molecule has 0 aliphatic carbocycles. The molecule has 1 aromatic rings. The van der Waals surface area contributed by atoms with Crippen molar-refractivity contribution in [3.05, 3.63) is 23.8 Å². The van der Waals surface area contributed by atoms with Crippen molar-refractivity contribution in [1.29, 1.82) is 0 Å². The highest BCUT2D eigenvalue weighted by atomic mass is 16.3. The Morgan fingerprint density at radius 2 is 2.12 bits per heavy atom. The summed E-state index contributed by atoms with van der Waals surface area (Å²) in [6.45, 7) is 4.47. The zero-order chi connectivity index (χ0) is 12.8. The molecule has 3 N–H and O–H groups in total. The van der Waals surface area contributed by atoms with Gasteiger partial charge in [-0.2, -0.15) is 0 Å². The van der Waals surface area contributed by atoms with E-state index in [0.29, 0.717) is 19.4 Å². The van der Waals surface area contributed by atoms with Gasteiger partial charge in [-0.05, 0) is 30.9 Å². The molecular formula is C13H19NO3. The normalized spacial score (nSPS) is 12.1. The standard InChI is InChI=1S/C13H19NO3/c1-3-14-13(17)7-4-9(2)11-6-5-10(15)8-12(11)16/h5-6,8-9,15-16H,3-4,7H2,1-2H3,(H,14,17). The first-order chi connectivity index (χ1) is 8.04. The molecule has 0 saturated carbocycles. The maximum atomic E-state index is 11.3. The second-order valence-corrected chi connectivity index (χ2v) is 4.14. The smallest absolute Gasteiger partial charge is 0.220 e. The molecule has 17 heavy (non-hydrogen) atoms. The van der Waals surface area contributed by atoms with Crippen molar-refractivity contribution in [2.45, 2.75) is 32.6 Å². The lowest BCUT2D eigenvalue weighted by molar-refractivity contribution is -0.121. The Kier molecular flexibility index (Phi) is 4.82. The first-order valence-electron chi connectivity index (χ1n) is 5.83. The molecule has 0 heterocycles. The first kappa shape index (κ1) is 13.4. The number of aromatic hydroxyl groups is 2. The van der Waals surface area contributed by atoms with Crippen molar-refractivity contribution in [3.8, 4) is 11.5 Å². The first-order valence-corrected chi connectivity index (χ1v) is 5.83. The summed E-state index contributed by atoms with van der Waals surface area (Å²) in [5, 5.41) is 21.6. The Morgan fingerprint density at radius 1 is 1.41 bits per heavy atom. The summed E-state index contributed by atoms with van der Waals surface area (Å²) in [7, 11) is 0. The molecule has 1 rings (SSSR count). The fourth-order valence-corrected chi connectivity index (χ4v) is 1.74. The lowest BCUT2D eigenvalue weighted by Gasteiger charge is -2.13. The number of benzene rings is 1. The summed E-state index contributed by atoms with van der Waals surface area (Å²) in [6.07, 6.45) is 1.11. The number of carbonyl (C=O) groups excluding carboxylic acids is 1. The Bertz CT molecular complexity index is 390. The largest absolute Gasteiger partial charge is 0.508 e. The molecule has 0 bridgehead atoms. The monoisotopic (exact) mass is 237 g/mol. The number of amides is 1. The summed E-state index contributed by atoms with van der Waals surface area (Å²) in [5.41, 5.74) is 0.757. The van der Waals surface area contributed by atoms with E-state index in [4.69, 9.17) is 0 Å². The molecule has 4 heteroatoms. The van der Waals surface area contributed by atoms with Crippen LogP contribution in [0.25, 0.3) is 0 Å². The highest BCUT2D eigenvalue weighted by Crippen LogP contribution is 2.31. The van der Waals surface area contributed by atoms with Gasteiger partial charge in [-0.3, -0.25) is 4.79 Å². The van der Waals surface area contributed by atoms with Crippen molar-refractivity contribution in [2.24, 2.45) is 0 Å². The quantitative estimate of drug-likeness (QED) is 0.734. The van der Waals surface area contributed by atoms with Crippen molar-refractivity contribution in [2.75, 3.05) is 6.54 Å². The Morgan fingerprint density at radius 3 is 2.71 bits per heavy atom. The van der Waals surface area contributed by atoms with Crippen LogP contribution in [-0.4, -0.2) is 22.7 Å². The van der Waals surface area contributed by atoms with Gasteiger partial charge in [0.15, 0.2) is 0 Å². The second-order valence-electron chi connectivity index (χ2n) is 4.14. The van der Waals surface area contributed by atoms with Crippen molar-refractivity contribution >= 4 is 5.91 Å². The molecule has 94 valence electrons. The van der Waals surface area contributed by atoms with Crippen LogP contribution in [0.2, 0.25) is 0 Å². The minimum Gasteiger partial charge on any atom is -0.508 e. The van der Waals surface area contributed by atoms with Crippen LogP contribution in [0.1, 0.15) is 38.2 Å². The summed E-state index contributed by atoms with van der Waals surface area (Å²) in [4.78, 5) is 11.3. The highest BCUT2D eigenvalue weighted by Gasteiger charge is 2.12. The van der Waals surface area contributed by atoms with Crippen LogP contribution in [0, 0.1) is 0 Å². The minimum absolute atomic E-state index is 0.0256. The Hall–Kier alpha value is -1.71. The molecule has 0 aliphatic heterocycles. The maximum absolute atomic E-state index is 11.3. The average Bonchev–Trinajstić information content (AvgIpc) is 2.26. The Labute approximate surface area is 101 Å². The molecule has 4 nitrogen and oxygen atoms in total.